The van der Waals surface area contributed by atoms with E-state index in [9.17, 15) is 14.4 Å². The standard InChI is InChI=1S/C62H106O6/c1-4-7-10-13-16-19-22-25-28-31-32-35-37-40-43-46-49-52-55-61(64)67-58-59(68-62(65)56-53-50-47-44-41-38-34-30-27-24-21-18-15-12-9-6-3)57-66-60(63)54-51-48-45-42-39-36-33-29-26-23-20-17-14-11-8-5-2/h8-9,11-12,17-18,20-21,26-27,29-30,38,41,59H,4-7,10,13-16,19,22-25,28,31-37,39-40,42-58H2,1-3H3/b11-8-,12-9-,20-17-,21-18-,29-26-,30-27-,41-38-. The van der Waals surface area contributed by atoms with Crippen LogP contribution in [-0.2, 0) is 28.6 Å². The number of esters is 3. The highest BCUT2D eigenvalue weighted by atomic mass is 16.6. The minimum Gasteiger partial charge on any atom is -0.462 e. The summed E-state index contributed by atoms with van der Waals surface area (Å²) < 4.78 is 16.8. The summed E-state index contributed by atoms with van der Waals surface area (Å²) >= 11 is 0. The smallest absolute Gasteiger partial charge is 0.306 e. The summed E-state index contributed by atoms with van der Waals surface area (Å²) in [6, 6.07) is 0. The molecule has 0 N–H and O–H groups in total. The SMILES string of the molecule is CC/C=C\C/C=C\C/C=C\C/C=C\CCCCCC(=O)OC(COC(=O)CCCCCCCC/C=C\C/C=C\C/C=C\CC)COC(=O)CCCCCCCCCCCCCCCCCCCC. The predicted molar refractivity (Wildman–Crippen MR) is 293 cm³/mol. The van der Waals surface area contributed by atoms with Crippen molar-refractivity contribution < 1.29 is 28.6 Å². The molecule has 0 rings (SSSR count). The number of carbonyl (C=O) groups excluding carboxylic acids is 3. The molecule has 6 nitrogen and oxygen atoms in total. The molecule has 0 radical (unpaired) electrons. The molecule has 0 aliphatic heterocycles. The highest BCUT2D eigenvalue weighted by Crippen LogP contribution is 2.16. The Morgan fingerprint density at radius 1 is 0.309 bits per heavy atom. The Hall–Kier alpha value is -3.41. The molecule has 0 bridgehead atoms. The summed E-state index contributed by atoms with van der Waals surface area (Å²) in [4.78, 5) is 38.2. The van der Waals surface area contributed by atoms with Crippen molar-refractivity contribution in [1.29, 1.82) is 0 Å². The number of carbonyl (C=O) groups is 3. The Morgan fingerprint density at radius 2 is 0.574 bits per heavy atom. The molecule has 0 aliphatic carbocycles. The van der Waals surface area contributed by atoms with Crippen molar-refractivity contribution >= 4 is 17.9 Å². The van der Waals surface area contributed by atoms with Gasteiger partial charge in [0.25, 0.3) is 0 Å². The lowest BCUT2D eigenvalue weighted by atomic mass is 10.0. The molecule has 0 aromatic carbocycles. The van der Waals surface area contributed by atoms with Crippen LogP contribution >= 0.6 is 0 Å². The maximum Gasteiger partial charge on any atom is 0.306 e. The monoisotopic (exact) mass is 947 g/mol. The molecule has 0 spiro atoms. The Balaban J connectivity index is 4.43. The molecule has 0 aromatic heterocycles. The molecule has 68 heavy (non-hydrogen) atoms. The number of unbranched alkanes of at least 4 members (excludes halogenated alkanes) is 26. The van der Waals surface area contributed by atoms with Gasteiger partial charge in [-0.1, -0.05) is 247 Å². The van der Waals surface area contributed by atoms with E-state index in [-0.39, 0.29) is 37.5 Å². The lowest BCUT2D eigenvalue weighted by Gasteiger charge is -2.18. The molecular formula is C62H106O6. The van der Waals surface area contributed by atoms with Crippen molar-refractivity contribution in [3.05, 3.63) is 85.1 Å². The van der Waals surface area contributed by atoms with E-state index in [1.807, 2.05) is 0 Å². The lowest BCUT2D eigenvalue weighted by molar-refractivity contribution is -0.167. The van der Waals surface area contributed by atoms with Crippen molar-refractivity contribution in [2.24, 2.45) is 0 Å². The van der Waals surface area contributed by atoms with Crippen molar-refractivity contribution in [2.45, 2.75) is 277 Å². The fraction of sp³-hybridized carbons (Fsp3) is 0.726. The minimum atomic E-state index is -0.798. The van der Waals surface area contributed by atoms with Crippen molar-refractivity contribution in [2.75, 3.05) is 13.2 Å². The van der Waals surface area contributed by atoms with E-state index in [2.05, 4.69) is 106 Å². The third kappa shape index (κ3) is 53.5. The van der Waals surface area contributed by atoms with Gasteiger partial charge in [0.2, 0.25) is 0 Å². The number of hydrogen-bond donors (Lipinski definition) is 0. The van der Waals surface area contributed by atoms with Gasteiger partial charge in [-0.3, -0.25) is 14.4 Å². The van der Waals surface area contributed by atoms with Crippen LogP contribution in [0.25, 0.3) is 0 Å². The van der Waals surface area contributed by atoms with Crippen LogP contribution in [-0.4, -0.2) is 37.2 Å². The molecule has 0 aliphatic rings. The van der Waals surface area contributed by atoms with Crippen LogP contribution in [0, 0.1) is 0 Å². The van der Waals surface area contributed by atoms with Crippen LogP contribution in [0.4, 0.5) is 0 Å². The number of hydrogen-bond acceptors (Lipinski definition) is 6. The van der Waals surface area contributed by atoms with Gasteiger partial charge in [0.05, 0.1) is 0 Å². The summed E-state index contributed by atoms with van der Waals surface area (Å²) in [6.45, 7) is 6.40. The molecular weight excluding hydrogens is 841 g/mol. The van der Waals surface area contributed by atoms with Gasteiger partial charge in [-0.05, 0) is 89.9 Å². The van der Waals surface area contributed by atoms with Crippen molar-refractivity contribution in [1.82, 2.24) is 0 Å². The van der Waals surface area contributed by atoms with Crippen LogP contribution in [0.3, 0.4) is 0 Å². The molecule has 390 valence electrons. The van der Waals surface area contributed by atoms with E-state index in [1.165, 1.54) is 116 Å². The van der Waals surface area contributed by atoms with E-state index in [1.54, 1.807) is 0 Å². The average molecular weight is 948 g/mol. The Bertz CT molecular complexity index is 1320. The molecule has 0 amide bonds. The second-order valence-electron chi connectivity index (χ2n) is 18.8. The first kappa shape index (κ1) is 64.6. The van der Waals surface area contributed by atoms with E-state index >= 15 is 0 Å². The van der Waals surface area contributed by atoms with E-state index < -0.39 is 6.10 Å². The summed E-state index contributed by atoms with van der Waals surface area (Å²) in [5.74, 6) is -0.930. The average Bonchev–Trinajstić information content (AvgIpc) is 3.34. The summed E-state index contributed by atoms with van der Waals surface area (Å²) in [5, 5.41) is 0. The summed E-state index contributed by atoms with van der Waals surface area (Å²) in [7, 11) is 0. The zero-order chi connectivity index (χ0) is 49.3. The fourth-order valence-corrected chi connectivity index (χ4v) is 7.92. The Morgan fingerprint density at radius 3 is 0.912 bits per heavy atom. The zero-order valence-electron chi connectivity index (χ0n) is 44.6. The zero-order valence-corrected chi connectivity index (χ0v) is 44.6. The topological polar surface area (TPSA) is 78.9 Å². The van der Waals surface area contributed by atoms with Crippen LogP contribution in [0.1, 0.15) is 271 Å². The van der Waals surface area contributed by atoms with E-state index in [4.69, 9.17) is 14.2 Å². The lowest BCUT2D eigenvalue weighted by Crippen LogP contribution is -2.30. The van der Waals surface area contributed by atoms with Crippen LogP contribution in [0.2, 0.25) is 0 Å². The molecule has 0 saturated heterocycles. The van der Waals surface area contributed by atoms with Gasteiger partial charge in [0.15, 0.2) is 6.10 Å². The molecule has 1 unspecified atom stereocenters. The van der Waals surface area contributed by atoms with Gasteiger partial charge in [0, 0.05) is 19.3 Å². The fourth-order valence-electron chi connectivity index (χ4n) is 7.92. The van der Waals surface area contributed by atoms with Gasteiger partial charge in [-0.2, -0.15) is 0 Å². The second kappa shape index (κ2) is 56.2. The van der Waals surface area contributed by atoms with Gasteiger partial charge in [-0.25, -0.2) is 0 Å². The summed E-state index contributed by atoms with van der Waals surface area (Å²) in [6.07, 6.45) is 72.9. The highest BCUT2D eigenvalue weighted by Gasteiger charge is 2.19. The van der Waals surface area contributed by atoms with Crippen LogP contribution < -0.4 is 0 Å². The van der Waals surface area contributed by atoms with Crippen LogP contribution in [0.15, 0.2) is 85.1 Å². The molecule has 0 saturated carbocycles. The molecule has 6 heteroatoms. The quantitative estimate of drug-likeness (QED) is 0.0262. The van der Waals surface area contributed by atoms with Gasteiger partial charge in [0.1, 0.15) is 13.2 Å². The molecule has 0 heterocycles. The molecule has 0 fully saturated rings. The Kier molecular flexibility index (Phi) is 53.4. The van der Waals surface area contributed by atoms with Crippen LogP contribution in [0.5, 0.6) is 0 Å². The predicted octanol–water partition coefficient (Wildman–Crippen LogP) is 19.2. The first-order valence-corrected chi connectivity index (χ1v) is 28.6. The normalized spacial score (nSPS) is 12.7. The van der Waals surface area contributed by atoms with Crippen molar-refractivity contribution in [3.63, 3.8) is 0 Å². The Labute approximate surface area is 420 Å². The third-order valence-corrected chi connectivity index (χ3v) is 12.1. The maximum absolute atomic E-state index is 12.8. The minimum absolute atomic E-state index is 0.0920. The number of allylic oxidation sites excluding steroid dienone is 14. The molecule has 1 atom stereocenters. The molecule has 0 aromatic rings. The highest BCUT2D eigenvalue weighted by molar-refractivity contribution is 5.71. The third-order valence-electron chi connectivity index (χ3n) is 12.1. The number of rotatable bonds is 51. The second-order valence-corrected chi connectivity index (χ2v) is 18.8. The van der Waals surface area contributed by atoms with Crippen molar-refractivity contribution in [3.8, 4) is 0 Å². The first-order valence-electron chi connectivity index (χ1n) is 28.6. The van der Waals surface area contributed by atoms with Gasteiger partial charge >= 0.3 is 17.9 Å². The van der Waals surface area contributed by atoms with Gasteiger partial charge < -0.3 is 14.2 Å². The first-order chi connectivity index (χ1) is 33.5. The van der Waals surface area contributed by atoms with E-state index in [0.717, 1.165) is 116 Å². The summed E-state index contributed by atoms with van der Waals surface area (Å²) in [5.41, 5.74) is 0. The maximum atomic E-state index is 12.8. The largest absolute Gasteiger partial charge is 0.462 e. The number of ether oxygens (including phenoxy) is 3. The van der Waals surface area contributed by atoms with Gasteiger partial charge in [-0.15, -0.1) is 0 Å². The van der Waals surface area contributed by atoms with E-state index in [0.29, 0.717) is 12.8 Å².